The number of esters is 1. The smallest absolute Gasteiger partial charge is 0.348 e. The van der Waals surface area contributed by atoms with E-state index in [2.05, 4.69) is 27.2 Å². The van der Waals surface area contributed by atoms with Gasteiger partial charge in [-0.15, -0.1) is 16.4 Å². The molecule has 0 aliphatic rings. The van der Waals surface area contributed by atoms with Crippen molar-refractivity contribution in [2.45, 2.75) is 26.3 Å². The molecule has 0 spiro atoms. The van der Waals surface area contributed by atoms with Crippen LogP contribution in [0.15, 0.2) is 12.1 Å². The number of aryl methyl sites for hydroxylation is 1. The van der Waals surface area contributed by atoms with Crippen LogP contribution in [0.2, 0.25) is 0 Å². The Morgan fingerprint density at radius 3 is 3.06 bits per heavy atom. The maximum atomic E-state index is 11.3. The van der Waals surface area contributed by atoms with Crippen LogP contribution in [-0.2, 0) is 17.7 Å². The lowest BCUT2D eigenvalue weighted by atomic mass is 10.3. The average molecular weight is 266 g/mol. The van der Waals surface area contributed by atoms with Gasteiger partial charge in [-0.1, -0.05) is 6.92 Å². The average Bonchev–Trinajstić information content (AvgIpc) is 3.00. The Hall–Kier alpha value is -1.76. The van der Waals surface area contributed by atoms with E-state index in [0.717, 1.165) is 23.5 Å². The monoisotopic (exact) mass is 266 g/mol. The first-order valence-corrected chi connectivity index (χ1v) is 6.48. The molecule has 0 fully saturated rings. The third-order valence-electron chi connectivity index (χ3n) is 2.43. The number of aromatic nitrogens is 4. The van der Waals surface area contributed by atoms with E-state index >= 15 is 0 Å². The van der Waals surface area contributed by atoms with Gasteiger partial charge in [0.1, 0.15) is 4.88 Å². The zero-order chi connectivity index (χ0) is 13.0. The Labute approximate surface area is 109 Å². The topological polar surface area (TPSA) is 69.9 Å². The molecule has 0 atom stereocenters. The number of methoxy groups -OCH3 is 1. The minimum Gasteiger partial charge on any atom is -0.465 e. The summed E-state index contributed by atoms with van der Waals surface area (Å²) in [6.07, 6.45) is 1.85. The summed E-state index contributed by atoms with van der Waals surface area (Å²) in [6.45, 7) is 2.67. The molecule has 2 heterocycles. The normalized spacial score (nSPS) is 10.6. The molecule has 18 heavy (non-hydrogen) atoms. The molecule has 2 aromatic heterocycles. The number of thiophene rings is 1. The van der Waals surface area contributed by atoms with Gasteiger partial charge < -0.3 is 4.74 Å². The summed E-state index contributed by atoms with van der Waals surface area (Å²) in [5.41, 5.74) is 0. The van der Waals surface area contributed by atoms with Gasteiger partial charge >= 0.3 is 5.97 Å². The number of ether oxygens (including phenoxy) is 1. The fourth-order valence-corrected chi connectivity index (χ4v) is 2.48. The van der Waals surface area contributed by atoms with Crippen molar-refractivity contribution in [2.24, 2.45) is 0 Å². The van der Waals surface area contributed by atoms with Crippen molar-refractivity contribution in [3.63, 3.8) is 0 Å². The van der Waals surface area contributed by atoms with Gasteiger partial charge in [0.05, 0.1) is 13.7 Å². The van der Waals surface area contributed by atoms with E-state index in [1.807, 2.05) is 6.07 Å². The first kappa shape index (κ1) is 12.7. The molecule has 0 aliphatic heterocycles. The van der Waals surface area contributed by atoms with E-state index in [-0.39, 0.29) is 5.97 Å². The van der Waals surface area contributed by atoms with Crippen molar-refractivity contribution in [1.82, 2.24) is 20.2 Å². The summed E-state index contributed by atoms with van der Waals surface area (Å²) < 4.78 is 6.43. The molecule has 0 amide bonds. The summed E-state index contributed by atoms with van der Waals surface area (Å²) in [7, 11) is 1.38. The zero-order valence-electron chi connectivity index (χ0n) is 10.3. The van der Waals surface area contributed by atoms with Crippen LogP contribution >= 0.6 is 11.3 Å². The fourth-order valence-electron chi connectivity index (χ4n) is 1.57. The molecule has 6 nitrogen and oxygen atoms in total. The molecule has 0 N–H and O–H groups in total. The molecular weight excluding hydrogens is 252 g/mol. The number of nitrogens with zero attached hydrogens (tertiary/aromatic N) is 4. The second kappa shape index (κ2) is 5.72. The second-order valence-electron chi connectivity index (χ2n) is 3.76. The highest BCUT2D eigenvalue weighted by Gasteiger charge is 2.11. The van der Waals surface area contributed by atoms with Gasteiger partial charge in [-0.3, -0.25) is 0 Å². The van der Waals surface area contributed by atoms with Gasteiger partial charge in [-0.2, -0.15) is 0 Å². The summed E-state index contributed by atoms with van der Waals surface area (Å²) in [4.78, 5) is 13.0. The number of tetrazole rings is 1. The number of carbonyl (C=O) groups is 1. The zero-order valence-corrected chi connectivity index (χ0v) is 11.1. The molecule has 2 aromatic rings. The Kier molecular flexibility index (Phi) is 4.03. The van der Waals surface area contributed by atoms with Crippen LogP contribution in [0.1, 0.15) is 33.7 Å². The van der Waals surface area contributed by atoms with Crippen LogP contribution in [0.5, 0.6) is 0 Å². The number of hydrogen-bond acceptors (Lipinski definition) is 6. The van der Waals surface area contributed by atoms with E-state index in [9.17, 15) is 4.79 Å². The molecule has 0 aliphatic carbocycles. The molecule has 2 rings (SSSR count). The van der Waals surface area contributed by atoms with Gasteiger partial charge in [0, 0.05) is 11.3 Å². The molecule has 96 valence electrons. The lowest BCUT2D eigenvalue weighted by Gasteiger charge is -2.00. The van der Waals surface area contributed by atoms with Crippen molar-refractivity contribution in [2.75, 3.05) is 7.11 Å². The molecule has 0 radical (unpaired) electrons. The predicted molar refractivity (Wildman–Crippen MR) is 66.6 cm³/mol. The molecule has 0 aromatic carbocycles. The maximum absolute atomic E-state index is 11.3. The Balaban J connectivity index is 2.11. The molecular formula is C11H14N4O2S. The van der Waals surface area contributed by atoms with Crippen molar-refractivity contribution in [3.05, 3.63) is 27.7 Å². The highest BCUT2D eigenvalue weighted by Crippen LogP contribution is 2.18. The Morgan fingerprint density at radius 1 is 1.50 bits per heavy atom. The summed E-state index contributed by atoms with van der Waals surface area (Å²) >= 11 is 1.40. The molecule has 0 unspecified atom stereocenters. The summed E-state index contributed by atoms with van der Waals surface area (Å²) in [5, 5.41) is 11.6. The van der Waals surface area contributed by atoms with Gasteiger partial charge in [0.2, 0.25) is 0 Å². The van der Waals surface area contributed by atoms with Crippen LogP contribution in [0.3, 0.4) is 0 Å². The molecule has 0 bridgehead atoms. The molecule has 0 saturated carbocycles. The highest BCUT2D eigenvalue weighted by atomic mass is 32.1. The standard InChI is InChI=1S/C11H14N4O2S/c1-3-4-10-12-13-14-15(10)7-8-5-6-9(18-8)11(16)17-2/h5-6H,3-4,7H2,1-2H3. The first-order chi connectivity index (χ1) is 8.74. The summed E-state index contributed by atoms with van der Waals surface area (Å²) in [5.74, 6) is 0.558. The third-order valence-corrected chi connectivity index (χ3v) is 3.48. The van der Waals surface area contributed by atoms with Crippen LogP contribution in [0.4, 0.5) is 0 Å². The summed E-state index contributed by atoms with van der Waals surface area (Å²) in [6, 6.07) is 3.66. The lowest BCUT2D eigenvalue weighted by Crippen LogP contribution is -2.05. The number of hydrogen-bond donors (Lipinski definition) is 0. The van der Waals surface area contributed by atoms with E-state index < -0.39 is 0 Å². The number of carbonyl (C=O) groups excluding carboxylic acids is 1. The fraction of sp³-hybridized carbons (Fsp3) is 0.455. The SMILES string of the molecule is CCCc1nnnn1Cc1ccc(C(=O)OC)s1. The number of rotatable bonds is 5. The van der Waals surface area contributed by atoms with E-state index in [4.69, 9.17) is 0 Å². The molecule has 7 heteroatoms. The van der Waals surface area contributed by atoms with Crippen molar-refractivity contribution >= 4 is 17.3 Å². The van der Waals surface area contributed by atoms with Gasteiger partial charge in [0.25, 0.3) is 0 Å². The molecule has 0 saturated heterocycles. The lowest BCUT2D eigenvalue weighted by molar-refractivity contribution is 0.0606. The second-order valence-corrected chi connectivity index (χ2v) is 4.93. The van der Waals surface area contributed by atoms with Crippen molar-refractivity contribution in [3.8, 4) is 0 Å². The van der Waals surface area contributed by atoms with Gasteiger partial charge in [0.15, 0.2) is 5.82 Å². The Morgan fingerprint density at radius 2 is 2.33 bits per heavy atom. The van der Waals surface area contributed by atoms with Crippen LogP contribution in [0, 0.1) is 0 Å². The van der Waals surface area contributed by atoms with Gasteiger partial charge in [-0.25, -0.2) is 9.48 Å². The van der Waals surface area contributed by atoms with E-state index in [1.165, 1.54) is 18.4 Å². The minimum atomic E-state index is -0.309. The van der Waals surface area contributed by atoms with Crippen LogP contribution in [-0.4, -0.2) is 33.3 Å². The van der Waals surface area contributed by atoms with Crippen molar-refractivity contribution in [1.29, 1.82) is 0 Å². The van der Waals surface area contributed by atoms with Crippen molar-refractivity contribution < 1.29 is 9.53 Å². The third kappa shape index (κ3) is 2.73. The first-order valence-electron chi connectivity index (χ1n) is 5.66. The highest BCUT2D eigenvalue weighted by molar-refractivity contribution is 7.13. The predicted octanol–water partition coefficient (Wildman–Crippen LogP) is 1.52. The Bertz CT molecular complexity index is 535. The van der Waals surface area contributed by atoms with Crippen LogP contribution in [0.25, 0.3) is 0 Å². The van der Waals surface area contributed by atoms with Crippen LogP contribution < -0.4 is 0 Å². The van der Waals surface area contributed by atoms with E-state index in [1.54, 1.807) is 10.7 Å². The minimum absolute atomic E-state index is 0.309. The van der Waals surface area contributed by atoms with E-state index in [0.29, 0.717) is 11.4 Å². The quantitative estimate of drug-likeness (QED) is 0.767. The largest absolute Gasteiger partial charge is 0.465 e. The van der Waals surface area contributed by atoms with Gasteiger partial charge in [-0.05, 0) is 29.0 Å². The maximum Gasteiger partial charge on any atom is 0.348 e.